The Morgan fingerprint density at radius 1 is 1.12 bits per heavy atom. The summed E-state index contributed by atoms with van der Waals surface area (Å²) < 4.78 is 0. The van der Waals surface area contributed by atoms with Crippen LogP contribution in [0, 0.1) is 0 Å². The molecule has 0 spiro atoms. The van der Waals surface area contributed by atoms with Gasteiger partial charge < -0.3 is 4.90 Å². The van der Waals surface area contributed by atoms with Crippen molar-refractivity contribution in [1.29, 1.82) is 0 Å². The molecule has 3 rings (SSSR count). The molecule has 0 saturated carbocycles. The van der Waals surface area contributed by atoms with E-state index in [1.54, 1.807) is 41.6 Å². The molecule has 0 saturated heterocycles. The van der Waals surface area contributed by atoms with Crippen molar-refractivity contribution in [3.63, 3.8) is 0 Å². The van der Waals surface area contributed by atoms with E-state index in [9.17, 15) is 9.59 Å². The minimum absolute atomic E-state index is 0.193. The van der Waals surface area contributed by atoms with Gasteiger partial charge in [0.1, 0.15) is 0 Å². The first-order valence-electron chi connectivity index (χ1n) is 7.86. The van der Waals surface area contributed by atoms with Crippen molar-refractivity contribution in [2.24, 2.45) is 0 Å². The molecule has 0 atom stereocenters. The Kier molecular flexibility index (Phi) is 4.65. The molecular weight excluding hydrogens is 304 g/mol. The third kappa shape index (κ3) is 3.17. The summed E-state index contributed by atoms with van der Waals surface area (Å²) in [4.78, 5) is 30.6. The summed E-state index contributed by atoms with van der Waals surface area (Å²) >= 11 is 0. The summed E-state index contributed by atoms with van der Waals surface area (Å²) in [6.45, 7) is 3.10. The molecule has 0 bridgehead atoms. The summed E-state index contributed by atoms with van der Waals surface area (Å²) in [5.41, 5.74) is 0.978. The van der Waals surface area contributed by atoms with Crippen molar-refractivity contribution in [3.05, 3.63) is 70.4 Å². The molecule has 6 nitrogen and oxygen atoms in total. The summed E-state index contributed by atoms with van der Waals surface area (Å²) in [6.07, 6.45) is 4.24. The SMILES string of the molecule is CCCN(Cc1ccncc1)C(=O)c1n[nH]c(=O)c2ccccc12. The maximum absolute atomic E-state index is 13.0. The molecule has 24 heavy (non-hydrogen) atoms. The number of nitrogens with zero attached hydrogens (tertiary/aromatic N) is 3. The lowest BCUT2D eigenvalue weighted by molar-refractivity contribution is 0.0738. The van der Waals surface area contributed by atoms with Gasteiger partial charge in [-0.3, -0.25) is 14.6 Å². The van der Waals surface area contributed by atoms with Gasteiger partial charge in [0.2, 0.25) is 0 Å². The Hall–Kier alpha value is -3.02. The second kappa shape index (κ2) is 7.04. The van der Waals surface area contributed by atoms with Crippen molar-refractivity contribution >= 4 is 16.7 Å². The van der Waals surface area contributed by atoms with Gasteiger partial charge in [-0.05, 0) is 30.2 Å². The molecular formula is C18H18N4O2. The van der Waals surface area contributed by atoms with Crippen LogP contribution >= 0.6 is 0 Å². The Morgan fingerprint density at radius 2 is 1.83 bits per heavy atom. The molecule has 122 valence electrons. The average Bonchev–Trinajstić information content (AvgIpc) is 2.62. The topological polar surface area (TPSA) is 79.0 Å². The van der Waals surface area contributed by atoms with Crippen LogP contribution in [-0.4, -0.2) is 32.5 Å². The smallest absolute Gasteiger partial charge is 0.275 e. The van der Waals surface area contributed by atoms with E-state index >= 15 is 0 Å². The van der Waals surface area contributed by atoms with Crippen LogP contribution in [0.2, 0.25) is 0 Å². The van der Waals surface area contributed by atoms with E-state index in [-0.39, 0.29) is 17.2 Å². The molecule has 1 amide bonds. The number of H-pyrrole nitrogens is 1. The van der Waals surface area contributed by atoms with Crippen LogP contribution in [0.1, 0.15) is 29.4 Å². The summed E-state index contributed by atoms with van der Waals surface area (Å²) in [7, 11) is 0. The van der Waals surface area contributed by atoms with Crippen LogP contribution in [0.15, 0.2) is 53.6 Å². The predicted octanol–water partition coefficient (Wildman–Crippen LogP) is 2.37. The van der Waals surface area contributed by atoms with Crippen LogP contribution in [-0.2, 0) is 6.54 Å². The lowest BCUT2D eigenvalue weighted by Gasteiger charge is -2.22. The second-order valence-corrected chi connectivity index (χ2v) is 5.53. The zero-order valence-electron chi connectivity index (χ0n) is 13.4. The van der Waals surface area contributed by atoms with Gasteiger partial charge in [0, 0.05) is 30.9 Å². The highest BCUT2D eigenvalue weighted by Gasteiger charge is 2.20. The van der Waals surface area contributed by atoms with Crippen molar-refractivity contribution in [3.8, 4) is 0 Å². The number of aromatic amines is 1. The fourth-order valence-electron chi connectivity index (χ4n) is 2.66. The molecule has 2 aromatic heterocycles. The molecule has 0 aliphatic heterocycles. The minimum Gasteiger partial charge on any atom is -0.333 e. The van der Waals surface area contributed by atoms with Crippen molar-refractivity contribution in [2.45, 2.75) is 19.9 Å². The number of carbonyl (C=O) groups excluding carboxylic acids is 1. The number of pyridine rings is 1. The first-order valence-corrected chi connectivity index (χ1v) is 7.86. The van der Waals surface area contributed by atoms with Crippen LogP contribution < -0.4 is 5.56 Å². The maximum atomic E-state index is 13.0. The zero-order chi connectivity index (χ0) is 16.9. The number of hydrogen-bond acceptors (Lipinski definition) is 4. The standard InChI is InChI=1S/C18H18N4O2/c1-2-11-22(12-13-7-9-19-10-8-13)18(24)16-14-5-3-4-6-15(14)17(23)21-20-16/h3-10H,2,11-12H2,1H3,(H,21,23). The largest absolute Gasteiger partial charge is 0.333 e. The van der Waals surface area contributed by atoms with Gasteiger partial charge in [0.05, 0.1) is 5.39 Å². The van der Waals surface area contributed by atoms with Crippen molar-refractivity contribution < 1.29 is 4.79 Å². The third-order valence-corrected chi connectivity index (χ3v) is 3.80. The summed E-state index contributed by atoms with van der Waals surface area (Å²) in [5, 5.41) is 7.47. The molecule has 0 fully saturated rings. The second-order valence-electron chi connectivity index (χ2n) is 5.53. The number of rotatable bonds is 5. The molecule has 1 N–H and O–H groups in total. The minimum atomic E-state index is -0.293. The molecule has 1 aromatic carbocycles. The Balaban J connectivity index is 1.99. The zero-order valence-corrected chi connectivity index (χ0v) is 13.4. The molecule has 0 radical (unpaired) electrons. The van der Waals surface area contributed by atoms with E-state index in [1.165, 1.54) is 0 Å². The Morgan fingerprint density at radius 3 is 2.54 bits per heavy atom. The van der Waals surface area contributed by atoms with Gasteiger partial charge in [0.25, 0.3) is 11.5 Å². The number of nitrogens with one attached hydrogen (secondary N) is 1. The fourth-order valence-corrected chi connectivity index (χ4v) is 2.66. The van der Waals surface area contributed by atoms with Gasteiger partial charge in [0.15, 0.2) is 5.69 Å². The molecule has 0 aliphatic carbocycles. The van der Waals surface area contributed by atoms with E-state index < -0.39 is 0 Å². The van der Waals surface area contributed by atoms with Crippen molar-refractivity contribution in [2.75, 3.05) is 6.54 Å². The lowest BCUT2D eigenvalue weighted by atomic mass is 10.1. The van der Waals surface area contributed by atoms with Crippen molar-refractivity contribution in [1.82, 2.24) is 20.1 Å². The lowest BCUT2D eigenvalue weighted by Crippen LogP contribution is -2.33. The third-order valence-electron chi connectivity index (χ3n) is 3.80. The number of aromatic nitrogens is 3. The number of hydrogen-bond donors (Lipinski definition) is 1. The summed E-state index contributed by atoms with van der Waals surface area (Å²) in [5.74, 6) is -0.193. The highest BCUT2D eigenvalue weighted by Crippen LogP contribution is 2.16. The molecule has 6 heteroatoms. The van der Waals surface area contributed by atoms with E-state index in [1.807, 2.05) is 19.1 Å². The van der Waals surface area contributed by atoms with Gasteiger partial charge in [-0.2, -0.15) is 5.10 Å². The normalized spacial score (nSPS) is 10.7. The number of carbonyl (C=O) groups is 1. The van der Waals surface area contributed by atoms with Gasteiger partial charge in [-0.1, -0.05) is 25.1 Å². The Labute approximate surface area is 139 Å². The molecule has 2 heterocycles. The first kappa shape index (κ1) is 15.9. The van der Waals surface area contributed by atoms with E-state index in [0.717, 1.165) is 12.0 Å². The van der Waals surface area contributed by atoms with Crippen LogP contribution in [0.25, 0.3) is 10.8 Å². The molecule has 3 aromatic rings. The molecule has 0 unspecified atom stereocenters. The monoisotopic (exact) mass is 322 g/mol. The van der Waals surface area contributed by atoms with E-state index in [2.05, 4.69) is 15.2 Å². The Bertz CT molecular complexity index is 906. The van der Waals surface area contributed by atoms with E-state index in [0.29, 0.717) is 23.9 Å². The number of benzene rings is 1. The van der Waals surface area contributed by atoms with Crippen LogP contribution in [0.4, 0.5) is 0 Å². The number of amides is 1. The predicted molar refractivity (Wildman–Crippen MR) is 91.6 cm³/mol. The van der Waals surface area contributed by atoms with Crippen LogP contribution in [0.5, 0.6) is 0 Å². The van der Waals surface area contributed by atoms with Crippen LogP contribution in [0.3, 0.4) is 0 Å². The fraction of sp³-hybridized carbons (Fsp3) is 0.222. The first-order chi connectivity index (χ1) is 11.7. The average molecular weight is 322 g/mol. The summed E-state index contributed by atoms with van der Waals surface area (Å²) in [6, 6.07) is 10.8. The highest BCUT2D eigenvalue weighted by atomic mass is 16.2. The van der Waals surface area contributed by atoms with Gasteiger partial charge in [-0.15, -0.1) is 0 Å². The quantitative estimate of drug-likeness (QED) is 0.782. The molecule has 0 aliphatic rings. The highest BCUT2D eigenvalue weighted by molar-refractivity contribution is 6.04. The van der Waals surface area contributed by atoms with Gasteiger partial charge >= 0.3 is 0 Å². The number of fused-ring (bicyclic) bond motifs is 1. The maximum Gasteiger partial charge on any atom is 0.275 e. The van der Waals surface area contributed by atoms with E-state index in [4.69, 9.17) is 0 Å². The van der Waals surface area contributed by atoms with Gasteiger partial charge in [-0.25, -0.2) is 5.10 Å².